The molecule has 5 amide bonds. The molecular formula is C49H58N6O9. The molecule has 1 aliphatic carbocycles. The number of nitrogens with one attached hydrogen (secondary N) is 4. The van der Waals surface area contributed by atoms with E-state index in [2.05, 4.69) is 45.5 Å². The zero-order chi connectivity index (χ0) is 45.9. The summed E-state index contributed by atoms with van der Waals surface area (Å²) in [5, 5.41) is 42.3. The van der Waals surface area contributed by atoms with Crippen LogP contribution in [0, 0.1) is 0 Å². The molecule has 1 aliphatic heterocycles. The number of carboxylic acids is 1. The number of nitrogens with two attached hydrogens (primary N) is 1. The fourth-order valence-electron chi connectivity index (χ4n) is 8.49. The third-order valence-corrected chi connectivity index (χ3v) is 12.2. The Bertz CT molecular complexity index is 2330. The second-order valence-corrected chi connectivity index (χ2v) is 16.8. The highest BCUT2D eigenvalue weighted by molar-refractivity contribution is 5.97. The molecule has 4 atom stereocenters. The van der Waals surface area contributed by atoms with Crippen molar-refractivity contribution in [3.05, 3.63) is 107 Å². The van der Waals surface area contributed by atoms with Crippen LogP contribution >= 0.6 is 0 Å². The van der Waals surface area contributed by atoms with Crippen molar-refractivity contribution in [2.24, 2.45) is 5.73 Å². The van der Waals surface area contributed by atoms with Gasteiger partial charge in [0.2, 0.25) is 23.6 Å². The van der Waals surface area contributed by atoms with Gasteiger partial charge in [0, 0.05) is 43.1 Å². The summed E-state index contributed by atoms with van der Waals surface area (Å²) in [6.07, 6.45) is 7.16. The normalized spacial score (nSPS) is 18.4. The standard InChI is InChI=1S/C49H58N6O9/c1-29-45(59)54-40(49(63)64)27-30-11-21-41(56)37(26-30)38-28-36(20-22-42(38)57)44(47(61)52-29)55(2)48(62)39(10-6-7-24-50)53-43(58)23-25-51-46(60)35-18-16-34(17-19-35)33-14-12-32(13-15-33)31-8-4-3-5-9-31/h11-22,26,28-29,31,39-40,44,56-57H,3-10,23-25,27,50H2,1-2H3,(H,51,60)(H,52,61)(H,53,58)(H,54,59)(H,63,64)/t29-,39-,40-,44-/m0/s1. The number of aromatic hydroxyl groups is 2. The fraction of sp³-hybridized carbons (Fsp3) is 0.388. The van der Waals surface area contributed by atoms with Crippen molar-refractivity contribution in [2.45, 2.75) is 101 Å². The predicted octanol–water partition coefficient (Wildman–Crippen LogP) is 5.04. The molecule has 15 nitrogen and oxygen atoms in total. The van der Waals surface area contributed by atoms with Crippen LogP contribution in [0.2, 0.25) is 0 Å². The number of rotatable bonds is 14. The van der Waals surface area contributed by atoms with Gasteiger partial charge in [-0.2, -0.15) is 0 Å². The molecule has 9 N–H and O–H groups in total. The average molecular weight is 875 g/mol. The number of benzene rings is 4. The largest absolute Gasteiger partial charge is 0.507 e. The molecule has 4 aromatic carbocycles. The third kappa shape index (κ3) is 11.6. The van der Waals surface area contributed by atoms with Crippen LogP contribution in [0.3, 0.4) is 0 Å². The van der Waals surface area contributed by atoms with Gasteiger partial charge in [-0.25, -0.2) is 4.79 Å². The van der Waals surface area contributed by atoms with Crippen molar-refractivity contribution in [3.8, 4) is 33.8 Å². The number of fused-ring (bicyclic) bond motifs is 5. The number of aliphatic carboxylic acids is 1. The highest BCUT2D eigenvalue weighted by Crippen LogP contribution is 2.39. The molecule has 0 unspecified atom stereocenters. The monoisotopic (exact) mass is 874 g/mol. The van der Waals surface area contributed by atoms with Crippen molar-refractivity contribution in [1.82, 2.24) is 26.2 Å². The highest BCUT2D eigenvalue weighted by Gasteiger charge is 2.36. The first-order valence-electron chi connectivity index (χ1n) is 22.0. The van der Waals surface area contributed by atoms with Crippen LogP contribution < -0.4 is 27.0 Å². The van der Waals surface area contributed by atoms with E-state index in [1.165, 1.54) is 88.0 Å². The van der Waals surface area contributed by atoms with Gasteiger partial charge in [-0.3, -0.25) is 24.0 Å². The minimum absolute atomic E-state index is 0.0212. The summed E-state index contributed by atoms with van der Waals surface area (Å²) in [5.74, 6) is -4.37. The maximum Gasteiger partial charge on any atom is 0.326 e. The van der Waals surface area contributed by atoms with E-state index in [1.807, 2.05) is 12.1 Å². The van der Waals surface area contributed by atoms with Gasteiger partial charge in [-0.1, -0.05) is 67.8 Å². The van der Waals surface area contributed by atoms with Crippen molar-refractivity contribution >= 4 is 35.5 Å². The van der Waals surface area contributed by atoms with Gasteiger partial charge >= 0.3 is 5.97 Å². The second-order valence-electron chi connectivity index (χ2n) is 16.8. The number of phenolic OH excluding ortho intramolecular Hbond substituents is 2. The quantitative estimate of drug-likeness (QED) is 0.0785. The van der Waals surface area contributed by atoms with Crippen LogP contribution in [0.1, 0.15) is 104 Å². The number of nitrogens with zero attached hydrogens (tertiary/aromatic N) is 1. The lowest BCUT2D eigenvalue weighted by atomic mass is 9.84. The van der Waals surface area contributed by atoms with Crippen molar-refractivity contribution in [1.29, 1.82) is 0 Å². The number of carbonyl (C=O) groups is 6. The molecule has 1 heterocycles. The van der Waals surface area contributed by atoms with Gasteiger partial charge in [-0.05, 0) is 116 Å². The molecule has 0 saturated heterocycles. The number of hydrogen-bond donors (Lipinski definition) is 8. The number of likely N-dealkylation sites (N-methyl/N-ethyl adjacent to an activating group) is 1. The van der Waals surface area contributed by atoms with E-state index < -0.39 is 53.8 Å². The molecular weight excluding hydrogens is 817 g/mol. The number of phenols is 2. The minimum Gasteiger partial charge on any atom is -0.507 e. The first-order valence-corrected chi connectivity index (χ1v) is 22.0. The maximum atomic E-state index is 14.4. The number of carbonyl (C=O) groups excluding carboxylic acids is 5. The molecule has 15 heteroatoms. The molecule has 2 aliphatic rings. The molecule has 4 aromatic rings. The average Bonchev–Trinajstić information content (AvgIpc) is 3.29. The maximum absolute atomic E-state index is 14.4. The van der Waals surface area contributed by atoms with E-state index >= 15 is 0 Å². The lowest BCUT2D eigenvalue weighted by Gasteiger charge is -2.32. The lowest BCUT2D eigenvalue weighted by molar-refractivity contribution is -0.144. The van der Waals surface area contributed by atoms with Crippen molar-refractivity contribution < 1.29 is 44.1 Å². The highest BCUT2D eigenvalue weighted by atomic mass is 16.4. The predicted molar refractivity (Wildman–Crippen MR) is 241 cm³/mol. The molecule has 338 valence electrons. The van der Waals surface area contributed by atoms with Crippen LogP contribution in [-0.4, -0.2) is 94.0 Å². The van der Waals surface area contributed by atoms with E-state index in [9.17, 15) is 44.1 Å². The molecule has 1 fully saturated rings. The van der Waals surface area contributed by atoms with E-state index in [-0.39, 0.29) is 59.9 Å². The van der Waals surface area contributed by atoms with Gasteiger partial charge in [0.25, 0.3) is 5.91 Å². The Morgan fingerprint density at radius 3 is 2.08 bits per heavy atom. The molecule has 64 heavy (non-hydrogen) atoms. The summed E-state index contributed by atoms with van der Waals surface area (Å²) >= 11 is 0. The summed E-state index contributed by atoms with van der Waals surface area (Å²) in [4.78, 5) is 81.6. The Hall–Kier alpha value is -6.74. The van der Waals surface area contributed by atoms with Crippen LogP contribution in [-0.2, 0) is 30.4 Å². The van der Waals surface area contributed by atoms with Crippen LogP contribution in [0.15, 0.2) is 84.9 Å². The van der Waals surface area contributed by atoms with Crippen molar-refractivity contribution in [2.75, 3.05) is 20.1 Å². The smallest absolute Gasteiger partial charge is 0.326 e. The molecule has 1 saturated carbocycles. The number of carboxylic acid groups (broad SMARTS) is 1. The van der Waals surface area contributed by atoms with Crippen LogP contribution in [0.5, 0.6) is 11.5 Å². The first kappa shape index (κ1) is 46.8. The van der Waals surface area contributed by atoms with E-state index in [4.69, 9.17) is 5.73 Å². The number of amides is 5. The van der Waals surface area contributed by atoms with E-state index in [0.717, 1.165) is 16.0 Å². The Kier molecular flexibility index (Phi) is 15.8. The third-order valence-electron chi connectivity index (χ3n) is 12.2. The van der Waals surface area contributed by atoms with Crippen LogP contribution in [0.25, 0.3) is 22.3 Å². The topological polar surface area (TPSA) is 240 Å². The van der Waals surface area contributed by atoms with Gasteiger partial charge in [-0.15, -0.1) is 0 Å². The fourth-order valence-corrected chi connectivity index (χ4v) is 8.49. The molecule has 0 radical (unpaired) electrons. The van der Waals surface area contributed by atoms with Gasteiger partial charge in [0.15, 0.2) is 0 Å². The van der Waals surface area contributed by atoms with Crippen LogP contribution in [0.4, 0.5) is 0 Å². The SMILES string of the molecule is C[C@@H]1NC(=O)[C@@H](N(C)C(=O)[C@H](CCCCN)NC(=O)CCNC(=O)c2ccc(-c3ccc(C4CCCCC4)cc3)cc2)c2ccc(O)c(c2)-c2cc(ccc2O)C[C@@H](C(=O)O)NC1=O. The summed E-state index contributed by atoms with van der Waals surface area (Å²) in [7, 11) is 1.37. The number of unbranched alkanes of at least 4 members (excludes halogenated alkanes) is 1. The Morgan fingerprint density at radius 1 is 0.797 bits per heavy atom. The zero-order valence-corrected chi connectivity index (χ0v) is 36.3. The lowest BCUT2D eigenvalue weighted by Crippen LogP contribution is -2.54. The summed E-state index contributed by atoms with van der Waals surface area (Å²) < 4.78 is 0. The second kappa shape index (κ2) is 21.6. The number of hydrogen-bond acceptors (Lipinski definition) is 9. The molecule has 4 bridgehead atoms. The van der Waals surface area contributed by atoms with Gasteiger partial charge in [0.1, 0.15) is 35.7 Å². The first-order chi connectivity index (χ1) is 30.7. The van der Waals surface area contributed by atoms with Gasteiger partial charge in [0.05, 0.1) is 0 Å². The Labute approximate surface area is 372 Å². The summed E-state index contributed by atoms with van der Waals surface area (Å²) in [5.41, 5.74) is 10.4. The summed E-state index contributed by atoms with van der Waals surface area (Å²) in [6.45, 7) is 1.69. The Morgan fingerprint density at radius 2 is 1.42 bits per heavy atom. The van der Waals surface area contributed by atoms with E-state index in [0.29, 0.717) is 36.4 Å². The zero-order valence-electron chi connectivity index (χ0n) is 36.3. The van der Waals surface area contributed by atoms with Gasteiger partial charge < -0.3 is 47.2 Å². The molecule has 6 rings (SSSR count). The van der Waals surface area contributed by atoms with Crippen molar-refractivity contribution in [3.63, 3.8) is 0 Å². The minimum atomic E-state index is -1.44. The molecule has 0 aromatic heterocycles. The molecule has 0 spiro atoms. The Balaban J connectivity index is 1.15. The van der Waals surface area contributed by atoms with E-state index in [1.54, 1.807) is 12.1 Å². The summed E-state index contributed by atoms with van der Waals surface area (Å²) in [6, 6.07) is 19.2.